The SMILES string of the molecule is C=CS(=O)(=O)c1ccc(NN=c2c(=O)cc(C(=O)O)c(=NNc3ccc(S(=O)(=O)CCOS(=O)(=O)O)cc3OC)c2=O)c(OC)c1. The van der Waals surface area contributed by atoms with Gasteiger partial charge in [0.15, 0.2) is 25.0 Å². The van der Waals surface area contributed by atoms with E-state index in [1.54, 1.807) is 0 Å². The van der Waals surface area contributed by atoms with Gasteiger partial charge in [0.25, 0.3) is 0 Å². The minimum Gasteiger partial charge on any atom is -0.494 e. The smallest absolute Gasteiger partial charge is 0.397 e. The number of hydrogen-bond donors (Lipinski definition) is 4. The summed E-state index contributed by atoms with van der Waals surface area (Å²) < 4.78 is 93.5. The Morgan fingerprint density at radius 2 is 1.39 bits per heavy atom. The summed E-state index contributed by atoms with van der Waals surface area (Å²) in [7, 11) is -10.5. The highest BCUT2D eigenvalue weighted by atomic mass is 32.3. The van der Waals surface area contributed by atoms with E-state index >= 15 is 0 Å². The van der Waals surface area contributed by atoms with Gasteiger partial charge >= 0.3 is 16.4 Å². The number of aromatic carboxylic acids is 1. The molecular formula is C25H24N4O14S3. The molecule has 3 aromatic rings. The number of nitrogens with one attached hydrogen (secondary N) is 2. The molecule has 0 aliphatic heterocycles. The number of hydrogen-bond acceptors (Lipinski definition) is 16. The Labute approximate surface area is 260 Å². The van der Waals surface area contributed by atoms with Crippen molar-refractivity contribution in [3.63, 3.8) is 0 Å². The van der Waals surface area contributed by atoms with Gasteiger partial charge in [0.2, 0.25) is 10.9 Å². The van der Waals surface area contributed by atoms with E-state index < -0.39 is 75.5 Å². The van der Waals surface area contributed by atoms with E-state index in [2.05, 4.69) is 31.8 Å². The van der Waals surface area contributed by atoms with E-state index in [-0.39, 0.29) is 32.7 Å². The zero-order chi connectivity index (χ0) is 34.4. The summed E-state index contributed by atoms with van der Waals surface area (Å²) in [6.45, 7) is 2.36. The third-order valence-corrected chi connectivity index (χ3v) is 9.33. The number of benzene rings is 3. The van der Waals surface area contributed by atoms with E-state index in [0.717, 1.165) is 36.8 Å². The number of sulfone groups is 2. The molecular weight excluding hydrogens is 676 g/mol. The highest BCUT2D eigenvalue weighted by Gasteiger charge is 2.20. The van der Waals surface area contributed by atoms with Crippen LogP contribution in [0.2, 0.25) is 0 Å². The molecule has 246 valence electrons. The van der Waals surface area contributed by atoms with Gasteiger partial charge in [-0.15, -0.1) is 0 Å². The molecule has 46 heavy (non-hydrogen) atoms. The molecule has 3 aromatic carbocycles. The molecule has 3 rings (SSSR count). The zero-order valence-corrected chi connectivity index (χ0v) is 26.1. The molecule has 0 aliphatic carbocycles. The predicted octanol–water partition coefficient (Wildman–Crippen LogP) is -0.636. The second kappa shape index (κ2) is 14.0. The lowest BCUT2D eigenvalue weighted by Gasteiger charge is -2.11. The van der Waals surface area contributed by atoms with Crippen molar-refractivity contribution in [2.75, 3.05) is 37.4 Å². The predicted molar refractivity (Wildman–Crippen MR) is 160 cm³/mol. The van der Waals surface area contributed by atoms with Gasteiger partial charge in [-0.1, -0.05) is 6.58 Å². The van der Waals surface area contributed by atoms with E-state index in [1.165, 1.54) is 19.2 Å². The number of carboxylic acids is 1. The fourth-order valence-corrected chi connectivity index (χ4v) is 5.81. The van der Waals surface area contributed by atoms with Crippen molar-refractivity contribution in [2.24, 2.45) is 10.2 Å². The second-order valence-electron chi connectivity index (χ2n) is 8.71. The molecule has 18 nitrogen and oxygen atoms in total. The van der Waals surface area contributed by atoms with E-state index in [4.69, 9.17) is 14.0 Å². The van der Waals surface area contributed by atoms with Crippen LogP contribution in [0.5, 0.6) is 11.5 Å². The number of anilines is 2. The molecule has 0 heterocycles. The second-order valence-corrected chi connectivity index (χ2v) is 13.8. The van der Waals surface area contributed by atoms with Gasteiger partial charge in [0.05, 0.1) is 53.3 Å². The van der Waals surface area contributed by atoms with Crippen molar-refractivity contribution < 1.29 is 53.4 Å². The molecule has 21 heteroatoms. The lowest BCUT2D eigenvalue weighted by Crippen LogP contribution is -2.50. The summed E-state index contributed by atoms with van der Waals surface area (Å²) in [6, 6.07) is 7.38. The summed E-state index contributed by atoms with van der Waals surface area (Å²) in [4.78, 5) is 37.2. The third kappa shape index (κ3) is 8.39. The van der Waals surface area contributed by atoms with Crippen LogP contribution in [0.4, 0.5) is 11.4 Å². The Morgan fingerprint density at radius 1 is 0.870 bits per heavy atom. The summed E-state index contributed by atoms with van der Waals surface area (Å²) in [5, 5.41) is 16.3. The number of nitrogens with zero attached hydrogens (tertiary/aromatic N) is 2. The molecule has 0 fully saturated rings. The number of methoxy groups -OCH3 is 2. The summed E-state index contributed by atoms with van der Waals surface area (Å²) >= 11 is 0. The topological polar surface area (TPSA) is 271 Å². The van der Waals surface area contributed by atoms with Crippen LogP contribution in [0.3, 0.4) is 0 Å². The molecule has 0 spiro atoms. The van der Waals surface area contributed by atoms with Crippen LogP contribution < -0.4 is 41.9 Å². The van der Waals surface area contributed by atoms with E-state index in [1.807, 2.05) is 0 Å². The minimum absolute atomic E-state index is 0.0348. The quantitative estimate of drug-likeness (QED) is 0.120. The van der Waals surface area contributed by atoms with Gasteiger partial charge in [0, 0.05) is 23.6 Å². The van der Waals surface area contributed by atoms with Crippen LogP contribution >= 0.6 is 0 Å². The largest absolute Gasteiger partial charge is 0.494 e. The molecule has 0 saturated heterocycles. The van der Waals surface area contributed by atoms with Crippen LogP contribution in [0.15, 0.2) is 84.0 Å². The molecule has 0 aromatic heterocycles. The Morgan fingerprint density at radius 3 is 1.89 bits per heavy atom. The average Bonchev–Trinajstić information content (AvgIpc) is 2.99. The van der Waals surface area contributed by atoms with Crippen molar-refractivity contribution in [2.45, 2.75) is 9.79 Å². The van der Waals surface area contributed by atoms with Crippen molar-refractivity contribution >= 4 is 47.4 Å². The molecule has 0 amide bonds. The first kappa shape index (κ1) is 35.5. The molecule has 0 bridgehead atoms. The normalized spacial score (nSPS) is 12.8. The number of ether oxygens (including phenoxy) is 2. The molecule has 0 aliphatic rings. The first-order valence-electron chi connectivity index (χ1n) is 12.2. The summed E-state index contributed by atoms with van der Waals surface area (Å²) in [5.41, 5.74) is 1.64. The fraction of sp³-hybridized carbons (Fsp3) is 0.160. The molecule has 4 N–H and O–H groups in total. The van der Waals surface area contributed by atoms with Crippen LogP contribution in [0.25, 0.3) is 0 Å². The highest BCUT2D eigenvalue weighted by Crippen LogP contribution is 2.29. The fourth-order valence-electron chi connectivity index (χ4n) is 3.59. The molecule has 0 saturated carbocycles. The zero-order valence-electron chi connectivity index (χ0n) is 23.7. The van der Waals surface area contributed by atoms with E-state index in [9.17, 15) is 44.7 Å². The number of carboxylic acid groups (broad SMARTS) is 1. The maximum Gasteiger partial charge on any atom is 0.397 e. The summed E-state index contributed by atoms with van der Waals surface area (Å²) in [5.74, 6) is -2.72. The maximum absolute atomic E-state index is 13.2. The Hall–Kier alpha value is -4.96. The van der Waals surface area contributed by atoms with Crippen molar-refractivity contribution in [3.05, 3.63) is 91.2 Å². The van der Waals surface area contributed by atoms with Gasteiger partial charge in [-0.05, 0) is 24.3 Å². The van der Waals surface area contributed by atoms with Crippen LogP contribution in [-0.2, 0) is 34.3 Å². The third-order valence-electron chi connectivity index (χ3n) is 5.84. The minimum atomic E-state index is -4.87. The van der Waals surface area contributed by atoms with Gasteiger partial charge in [0.1, 0.15) is 16.9 Å². The maximum atomic E-state index is 13.2. The Bertz CT molecular complexity index is 2260. The highest BCUT2D eigenvalue weighted by molar-refractivity contribution is 7.94. The molecule has 0 unspecified atom stereocenters. The molecule has 0 radical (unpaired) electrons. The van der Waals surface area contributed by atoms with Crippen LogP contribution in [-0.4, -0.2) is 67.5 Å². The lowest BCUT2D eigenvalue weighted by atomic mass is 10.2. The number of rotatable bonds is 14. The Kier molecular flexibility index (Phi) is 10.8. The number of carbonyl (C=O) groups is 1. The van der Waals surface area contributed by atoms with Gasteiger partial charge in [-0.3, -0.25) is 25.0 Å². The van der Waals surface area contributed by atoms with Crippen molar-refractivity contribution in [3.8, 4) is 11.5 Å². The van der Waals surface area contributed by atoms with Crippen LogP contribution in [0, 0.1) is 0 Å². The van der Waals surface area contributed by atoms with Gasteiger partial charge < -0.3 is 14.6 Å². The summed E-state index contributed by atoms with van der Waals surface area (Å²) in [6.07, 6.45) is 0. The lowest BCUT2D eigenvalue weighted by molar-refractivity contribution is 0.0694. The monoisotopic (exact) mass is 700 g/mol. The van der Waals surface area contributed by atoms with Gasteiger partial charge in [-0.25, -0.2) is 25.8 Å². The standard InChI is InChI=1S/C25H24N4O14S3/c1-4-44(34,35)14-5-7-18(20(11-14)41-2)27-29-23-19(30)13-16(25(32)33)22(24(23)31)28-26-17-8-6-15(12-21(17)42-3)45(36,37)10-9-43-46(38,39)40/h4-8,11-13,26-27H,1,9-10H2,2-3H3,(H,32,33)(H,38,39,40). The van der Waals surface area contributed by atoms with Crippen LogP contribution in [0.1, 0.15) is 10.4 Å². The average molecular weight is 701 g/mol. The van der Waals surface area contributed by atoms with Crippen molar-refractivity contribution in [1.82, 2.24) is 0 Å². The molecule has 0 atom stereocenters. The first-order chi connectivity index (χ1) is 21.4. The first-order valence-corrected chi connectivity index (χ1v) is 16.8. The Balaban J connectivity index is 2.05. The van der Waals surface area contributed by atoms with E-state index in [0.29, 0.717) is 6.07 Å². The van der Waals surface area contributed by atoms with Gasteiger partial charge in [-0.2, -0.15) is 18.6 Å². The van der Waals surface area contributed by atoms with Crippen molar-refractivity contribution in [1.29, 1.82) is 0 Å².